The van der Waals surface area contributed by atoms with Crippen molar-refractivity contribution in [3.8, 4) is 0 Å². The van der Waals surface area contributed by atoms with Gasteiger partial charge in [0.1, 0.15) is 0 Å². The van der Waals surface area contributed by atoms with Crippen molar-refractivity contribution in [3.05, 3.63) is 59.7 Å². The van der Waals surface area contributed by atoms with Crippen LogP contribution in [0.2, 0.25) is 0 Å². The summed E-state index contributed by atoms with van der Waals surface area (Å²) in [6.45, 7) is 1.04. The average Bonchev–Trinajstić information content (AvgIpc) is 2.95. The molecule has 2 aromatic rings. The van der Waals surface area contributed by atoms with Crippen LogP contribution in [-0.2, 0) is 12.8 Å². The molecule has 0 aromatic heterocycles. The maximum absolute atomic E-state index is 3.46. The molecule has 1 nitrogen and oxygen atoms in total. The third-order valence-electron chi connectivity index (χ3n) is 3.76. The van der Waals surface area contributed by atoms with Crippen LogP contribution in [0.15, 0.2) is 53.4 Å². The second kappa shape index (κ2) is 6.85. The first kappa shape index (κ1) is 13.6. The van der Waals surface area contributed by atoms with Gasteiger partial charge in [0, 0.05) is 17.1 Å². The van der Waals surface area contributed by atoms with Gasteiger partial charge in [-0.05, 0) is 66.8 Å². The predicted octanol–water partition coefficient (Wildman–Crippen LogP) is 4.77. The van der Waals surface area contributed by atoms with Gasteiger partial charge in [0.2, 0.25) is 0 Å². The minimum absolute atomic E-state index is 1.04. The quantitative estimate of drug-likeness (QED) is 0.605. The lowest BCUT2D eigenvalue weighted by atomic mass is 10.1. The zero-order chi connectivity index (χ0) is 13.6. The van der Waals surface area contributed by atoms with Gasteiger partial charge in [-0.25, -0.2) is 0 Å². The summed E-state index contributed by atoms with van der Waals surface area (Å²) in [6, 6.07) is 17.4. The Labute approximate surface area is 125 Å². The number of thioether (sulfide) groups is 1. The Morgan fingerprint density at radius 3 is 2.70 bits per heavy atom. The van der Waals surface area contributed by atoms with Crippen LogP contribution in [-0.4, -0.2) is 12.3 Å². The van der Waals surface area contributed by atoms with Gasteiger partial charge in [0.15, 0.2) is 0 Å². The van der Waals surface area contributed by atoms with Crippen LogP contribution < -0.4 is 5.32 Å². The Kier molecular flexibility index (Phi) is 4.65. The summed E-state index contributed by atoms with van der Waals surface area (Å²) in [5, 5.41) is 3.46. The Morgan fingerprint density at radius 2 is 1.80 bits per heavy atom. The van der Waals surface area contributed by atoms with E-state index in [9.17, 15) is 0 Å². The van der Waals surface area contributed by atoms with Gasteiger partial charge in [-0.15, -0.1) is 11.8 Å². The van der Waals surface area contributed by atoms with Gasteiger partial charge in [-0.2, -0.15) is 0 Å². The molecule has 0 saturated carbocycles. The van der Waals surface area contributed by atoms with Gasteiger partial charge >= 0.3 is 0 Å². The van der Waals surface area contributed by atoms with Crippen LogP contribution >= 0.6 is 11.8 Å². The van der Waals surface area contributed by atoms with Crippen molar-refractivity contribution in [2.75, 3.05) is 17.6 Å². The van der Waals surface area contributed by atoms with Gasteiger partial charge in [-0.3, -0.25) is 0 Å². The second-order valence-corrected chi connectivity index (χ2v) is 6.45. The number of nitrogens with one attached hydrogen (secondary N) is 1. The zero-order valence-electron chi connectivity index (χ0n) is 11.8. The summed E-state index contributed by atoms with van der Waals surface area (Å²) in [4.78, 5) is 1.44. The molecular formula is C18H21NS. The monoisotopic (exact) mass is 283 g/mol. The zero-order valence-corrected chi connectivity index (χ0v) is 12.6. The number of hydrogen-bond donors (Lipinski definition) is 1. The number of anilines is 1. The number of rotatable bonds is 6. The Hall–Kier alpha value is -1.41. The molecule has 104 valence electrons. The van der Waals surface area contributed by atoms with Crippen LogP contribution in [0.4, 0.5) is 5.69 Å². The molecule has 0 radical (unpaired) electrons. The second-order valence-electron chi connectivity index (χ2n) is 5.28. The van der Waals surface area contributed by atoms with E-state index in [4.69, 9.17) is 0 Å². The number of benzene rings is 2. The molecule has 1 aliphatic rings. The lowest BCUT2D eigenvalue weighted by Crippen LogP contribution is -2.02. The molecule has 1 N–H and O–H groups in total. The lowest BCUT2D eigenvalue weighted by molar-refractivity contribution is 0.911. The normalized spacial score (nSPS) is 13.2. The fourth-order valence-electron chi connectivity index (χ4n) is 2.69. The van der Waals surface area contributed by atoms with Gasteiger partial charge in [0.25, 0.3) is 0 Å². The molecule has 0 fully saturated rings. The first-order valence-corrected chi connectivity index (χ1v) is 8.44. The molecule has 0 aliphatic heterocycles. The van der Waals surface area contributed by atoms with E-state index in [1.165, 1.54) is 42.0 Å². The van der Waals surface area contributed by atoms with Gasteiger partial charge in [0.05, 0.1) is 0 Å². The lowest BCUT2D eigenvalue weighted by Gasteiger charge is -2.07. The third-order valence-corrected chi connectivity index (χ3v) is 4.84. The summed E-state index contributed by atoms with van der Waals surface area (Å²) in [6.07, 6.45) is 5.08. The van der Waals surface area contributed by atoms with Gasteiger partial charge in [-0.1, -0.05) is 24.3 Å². The fourth-order valence-corrected chi connectivity index (χ4v) is 3.60. The van der Waals surface area contributed by atoms with E-state index in [0.717, 1.165) is 6.54 Å². The van der Waals surface area contributed by atoms with Crippen molar-refractivity contribution < 1.29 is 0 Å². The molecule has 0 unspecified atom stereocenters. The van der Waals surface area contributed by atoms with E-state index in [1.807, 2.05) is 11.8 Å². The highest BCUT2D eigenvalue weighted by Gasteiger charge is 2.10. The predicted molar refractivity (Wildman–Crippen MR) is 88.7 cm³/mol. The SMILES string of the molecule is c1ccc(NCCCSc2ccc3c(c2)CCC3)cc1. The molecule has 0 saturated heterocycles. The summed E-state index contributed by atoms with van der Waals surface area (Å²) < 4.78 is 0. The van der Waals surface area contributed by atoms with E-state index in [-0.39, 0.29) is 0 Å². The van der Waals surface area contributed by atoms with Crippen LogP contribution in [0.3, 0.4) is 0 Å². The molecule has 2 aromatic carbocycles. The van der Waals surface area contributed by atoms with Crippen molar-refractivity contribution in [2.24, 2.45) is 0 Å². The van der Waals surface area contributed by atoms with Crippen LogP contribution in [0.1, 0.15) is 24.0 Å². The molecule has 0 bridgehead atoms. The van der Waals surface area contributed by atoms with Crippen LogP contribution in [0, 0.1) is 0 Å². The summed E-state index contributed by atoms with van der Waals surface area (Å²) in [5.74, 6) is 1.18. The summed E-state index contributed by atoms with van der Waals surface area (Å²) in [5.41, 5.74) is 4.37. The Morgan fingerprint density at radius 1 is 0.950 bits per heavy atom. The van der Waals surface area contributed by atoms with Crippen molar-refractivity contribution in [1.29, 1.82) is 0 Å². The molecule has 0 atom stereocenters. The fraction of sp³-hybridized carbons (Fsp3) is 0.333. The van der Waals surface area contributed by atoms with E-state index in [2.05, 4.69) is 53.8 Å². The molecule has 0 heterocycles. The average molecular weight is 283 g/mol. The third kappa shape index (κ3) is 3.57. The van der Waals surface area contributed by atoms with E-state index in [0.29, 0.717) is 0 Å². The summed E-state index contributed by atoms with van der Waals surface area (Å²) >= 11 is 1.98. The molecule has 1 aliphatic carbocycles. The number of aryl methyl sites for hydroxylation is 2. The number of hydrogen-bond acceptors (Lipinski definition) is 2. The van der Waals surface area contributed by atoms with Crippen molar-refractivity contribution in [3.63, 3.8) is 0 Å². The number of fused-ring (bicyclic) bond motifs is 1. The van der Waals surface area contributed by atoms with Crippen LogP contribution in [0.25, 0.3) is 0 Å². The minimum Gasteiger partial charge on any atom is -0.385 e. The molecule has 0 amide bonds. The largest absolute Gasteiger partial charge is 0.385 e. The van der Waals surface area contributed by atoms with Crippen molar-refractivity contribution >= 4 is 17.4 Å². The first-order valence-electron chi connectivity index (χ1n) is 7.45. The van der Waals surface area contributed by atoms with E-state index >= 15 is 0 Å². The Bertz CT molecular complexity index is 551. The van der Waals surface area contributed by atoms with Crippen LogP contribution in [0.5, 0.6) is 0 Å². The van der Waals surface area contributed by atoms with E-state index in [1.54, 1.807) is 11.1 Å². The van der Waals surface area contributed by atoms with Crippen molar-refractivity contribution in [1.82, 2.24) is 0 Å². The smallest absolute Gasteiger partial charge is 0.0340 e. The first-order chi connectivity index (χ1) is 9.92. The molecule has 2 heteroatoms. The number of para-hydroxylation sites is 1. The summed E-state index contributed by atoms with van der Waals surface area (Å²) in [7, 11) is 0. The Balaban J connectivity index is 1.40. The molecule has 3 rings (SSSR count). The highest BCUT2D eigenvalue weighted by atomic mass is 32.2. The maximum Gasteiger partial charge on any atom is 0.0340 e. The standard InChI is InChI=1S/C18H21NS/c1-2-8-17(9-3-1)19-12-5-13-20-18-11-10-15-6-4-7-16(15)14-18/h1-3,8-11,14,19H,4-7,12-13H2. The van der Waals surface area contributed by atoms with Crippen molar-refractivity contribution in [2.45, 2.75) is 30.6 Å². The maximum atomic E-state index is 3.46. The highest BCUT2D eigenvalue weighted by molar-refractivity contribution is 7.99. The minimum atomic E-state index is 1.04. The highest BCUT2D eigenvalue weighted by Crippen LogP contribution is 2.27. The van der Waals surface area contributed by atoms with E-state index < -0.39 is 0 Å². The topological polar surface area (TPSA) is 12.0 Å². The van der Waals surface area contributed by atoms with Gasteiger partial charge < -0.3 is 5.32 Å². The molecule has 0 spiro atoms. The molecule has 20 heavy (non-hydrogen) atoms. The molecular weight excluding hydrogens is 262 g/mol.